The quantitative estimate of drug-likeness (QED) is 0.443. The van der Waals surface area contributed by atoms with Crippen molar-refractivity contribution in [1.29, 1.82) is 0 Å². The van der Waals surface area contributed by atoms with Gasteiger partial charge >= 0.3 is 0 Å². The summed E-state index contributed by atoms with van der Waals surface area (Å²) in [5.41, 5.74) is 0. The fourth-order valence-electron chi connectivity index (χ4n) is 1.03. The first kappa shape index (κ1) is 8.89. The molecule has 0 bridgehead atoms. The number of aliphatic hydroxyl groups excluding tert-OH is 3. The van der Waals surface area contributed by atoms with E-state index < -0.39 is 24.6 Å². The van der Waals surface area contributed by atoms with Crippen LogP contribution >= 0.6 is 0 Å². The Balaban J connectivity index is 2.45. The molecule has 0 aromatic rings. The lowest BCUT2D eigenvalue weighted by molar-refractivity contribution is -0.134. The van der Waals surface area contributed by atoms with Crippen LogP contribution in [-0.2, 0) is 9.47 Å². The minimum atomic E-state index is -1.30. The van der Waals surface area contributed by atoms with Gasteiger partial charge in [-0.15, -0.1) is 0 Å². The summed E-state index contributed by atoms with van der Waals surface area (Å²) in [6, 6.07) is 0. The molecule has 0 aromatic heterocycles. The third kappa shape index (κ3) is 1.69. The Morgan fingerprint density at radius 3 is 2.27 bits per heavy atom. The molecule has 0 aliphatic carbocycles. The van der Waals surface area contributed by atoms with Gasteiger partial charge in [0, 0.05) is 7.11 Å². The van der Waals surface area contributed by atoms with Gasteiger partial charge in [0.25, 0.3) is 0 Å². The van der Waals surface area contributed by atoms with Gasteiger partial charge in [0.1, 0.15) is 18.3 Å². The molecule has 3 N–H and O–H groups in total. The molecular formula is C6H12O5. The highest BCUT2D eigenvalue weighted by Crippen LogP contribution is 2.19. The minimum Gasteiger partial charge on any atom is -0.387 e. The van der Waals surface area contributed by atoms with Crippen molar-refractivity contribution in [3.8, 4) is 0 Å². The Labute approximate surface area is 64.2 Å². The lowest BCUT2D eigenvalue weighted by atomic mass is 10.1. The van der Waals surface area contributed by atoms with E-state index >= 15 is 0 Å². The molecular weight excluding hydrogens is 152 g/mol. The largest absolute Gasteiger partial charge is 0.387 e. The lowest BCUT2D eigenvalue weighted by Crippen LogP contribution is -2.34. The second kappa shape index (κ2) is 3.46. The Hall–Kier alpha value is -0.200. The van der Waals surface area contributed by atoms with E-state index in [0.29, 0.717) is 0 Å². The molecule has 1 saturated heterocycles. The fourth-order valence-corrected chi connectivity index (χ4v) is 1.03. The average molecular weight is 164 g/mol. The molecule has 1 aliphatic heterocycles. The molecule has 1 fully saturated rings. The zero-order chi connectivity index (χ0) is 8.43. The predicted molar refractivity (Wildman–Crippen MR) is 34.8 cm³/mol. The fraction of sp³-hybridized carbons (Fsp3) is 1.00. The maximum atomic E-state index is 9.14. The molecule has 0 saturated carbocycles. The van der Waals surface area contributed by atoms with Crippen molar-refractivity contribution >= 4 is 0 Å². The number of aliphatic hydroxyl groups is 3. The van der Waals surface area contributed by atoms with Gasteiger partial charge < -0.3 is 24.8 Å². The van der Waals surface area contributed by atoms with E-state index in [1.807, 2.05) is 0 Å². The van der Waals surface area contributed by atoms with Gasteiger partial charge in [-0.1, -0.05) is 0 Å². The number of hydrogen-bond donors (Lipinski definition) is 3. The Morgan fingerprint density at radius 1 is 1.27 bits per heavy atom. The van der Waals surface area contributed by atoms with Crippen molar-refractivity contribution in [3.05, 3.63) is 0 Å². The van der Waals surface area contributed by atoms with Crippen LogP contribution in [0.3, 0.4) is 0 Å². The molecule has 1 heterocycles. The molecule has 5 nitrogen and oxygen atoms in total. The molecule has 11 heavy (non-hydrogen) atoms. The molecule has 0 amide bonds. The first-order chi connectivity index (χ1) is 5.16. The summed E-state index contributed by atoms with van der Waals surface area (Å²) in [4.78, 5) is 0. The maximum absolute atomic E-state index is 9.14. The zero-order valence-electron chi connectivity index (χ0n) is 6.17. The molecule has 0 spiro atoms. The second-order valence-electron chi connectivity index (χ2n) is 2.50. The normalized spacial score (nSPS) is 44.7. The van der Waals surface area contributed by atoms with E-state index in [9.17, 15) is 0 Å². The van der Waals surface area contributed by atoms with Crippen molar-refractivity contribution in [3.63, 3.8) is 0 Å². The molecule has 1 rings (SSSR count). The highest BCUT2D eigenvalue weighted by Gasteiger charge is 2.41. The minimum absolute atomic E-state index is 0.162. The van der Waals surface area contributed by atoms with Gasteiger partial charge in [-0.05, 0) is 0 Å². The van der Waals surface area contributed by atoms with Gasteiger partial charge in [-0.3, -0.25) is 0 Å². The highest BCUT2D eigenvalue weighted by molar-refractivity contribution is 4.85. The van der Waals surface area contributed by atoms with E-state index in [4.69, 9.17) is 20.1 Å². The Morgan fingerprint density at radius 2 is 1.91 bits per heavy atom. The standard InChI is InChI=1S/C6H12O5/c1-10-2-3-4(7)5(8)6(9)11-3/h3-9H,2H2,1H3/t3-,4-,5+,6+/m1/s1. The number of ether oxygens (including phenoxy) is 2. The number of rotatable bonds is 2. The summed E-state index contributed by atoms with van der Waals surface area (Å²) in [5.74, 6) is 0. The van der Waals surface area contributed by atoms with Crippen molar-refractivity contribution in [2.45, 2.75) is 24.6 Å². The first-order valence-electron chi connectivity index (χ1n) is 3.35. The van der Waals surface area contributed by atoms with E-state index in [2.05, 4.69) is 4.74 Å². The summed E-state index contributed by atoms with van der Waals surface area (Å²) >= 11 is 0. The molecule has 0 aromatic carbocycles. The van der Waals surface area contributed by atoms with Crippen LogP contribution in [-0.4, -0.2) is 53.6 Å². The summed E-state index contributed by atoms with van der Waals surface area (Å²) in [5, 5.41) is 27.0. The molecule has 4 atom stereocenters. The van der Waals surface area contributed by atoms with E-state index in [1.165, 1.54) is 7.11 Å². The van der Waals surface area contributed by atoms with Crippen LogP contribution in [0.25, 0.3) is 0 Å². The van der Waals surface area contributed by atoms with Crippen LogP contribution in [0.4, 0.5) is 0 Å². The summed E-state index contributed by atoms with van der Waals surface area (Å²) in [7, 11) is 1.45. The summed E-state index contributed by atoms with van der Waals surface area (Å²) in [6.45, 7) is 0.162. The SMILES string of the molecule is COC[C@H]1O[C@H](O)[C@@H](O)[C@@H]1O. The zero-order valence-corrected chi connectivity index (χ0v) is 6.17. The van der Waals surface area contributed by atoms with E-state index in [0.717, 1.165) is 0 Å². The highest BCUT2D eigenvalue weighted by atomic mass is 16.7. The van der Waals surface area contributed by atoms with E-state index in [-0.39, 0.29) is 6.61 Å². The van der Waals surface area contributed by atoms with Crippen LogP contribution in [0.5, 0.6) is 0 Å². The number of hydrogen-bond acceptors (Lipinski definition) is 5. The van der Waals surface area contributed by atoms with E-state index in [1.54, 1.807) is 0 Å². The van der Waals surface area contributed by atoms with Crippen molar-refractivity contribution in [2.24, 2.45) is 0 Å². The summed E-state index contributed by atoms with van der Waals surface area (Å²) in [6.07, 6.45) is -4.23. The van der Waals surface area contributed by atoms with Gasteiger partial charge in [-0.2, -0.15) is 0 Å². The van der Waals surface area contributed by atoms with Crippen molar-refractivity contribution < 1.29 is 24.8 Å². The third-order valence-electron chi connectivity index (χ3n) is 1.67. The smallest absolute Gasteiger partial charge is 0.184 e. The monoisotopic (exact) mass is 164 g/mol. The topological polar surface area (TPSA) is 79.2 Å². The van der Waals surface area contributed by atoms with Crippen molar-refractivity contribution in [2.75, 3.05) is 13.7 Å². The van der Waals surface area contributed by atoms with Crippen LogP contribution < -0.4 is 0 Å². The third-order valence-corrected chi connectivity index (χ3v) is 1.67. The van der Waals surface area contributed by atoms with Crippen molar-refractivity contribution in [1.82, 2.24) is 0 Å². The van der Waals surface area contributed by atoms with Crippen LogP contribution in [0, 0.1) is 0 Å². The number of methoxy groups -OCH3 is 1. The molecule has 0 unspecified atom stereocenters. The molecule has 0 radical (unpaired) electrons. The average Bonchev–Trinajstić information content (AvgIpc) is 2.19. The van der Waals surface area contributed by atoms with Gasteiger partial charge in [0.15, 0.2) is 6.29 Å². The molecule has 1 aliphatic rings. The van der Waals surface area contributed by atoms with Crippen LogP contribution in [0.15, 0.2) is 0 Å². The first-order valence-corrected chi connectivity index (χ1v) is 3.35. The van der Waals surface area contributed by atoms with Crippen LogP contribution in [0.1, 0.15) is 0 Å². The van der Waals surface area contributed by atoms with Gasteiger partial charge in [0.05, 0.1) is 6.61 Å². The Bertz CT molecular complexity index is 128. The van der Waals surface area contributed by atoms with Crippen LogP contribution in [0.2, 0.25) is 0 Å². The molecule has 66 valence electrons. The Kier molecular flexibility index (Phi) is 2.80. The second-order valence-corrected chi connectivity index (χ2v) is 2.50. The van der Waals surface area contributed by atoms with Gasteiger partial charge in [-0.25, -0.2) is 0 Å². The summed E-state index contributed by atoms with van der Waals surface area (Å²) < 4.78 is 9.44. The lowest BCUT2D eigenvalue weighted by Gasteiger charge is -2.11. The molecule has 5 heteroatoms. The van der Waals surface area contributed by atoms with Gasteiger partial charge in [0.2, 0.25) is 0 Å². The predicted octanol–water partition coefficient (Wildman–Crippen LogP) is -1.93. The maximum Gasteiger partial charge on any atom is 0.184 e.